The Hall–Kier alpha value is -4.67. The van der Waals surface area contributed by atoms with E-state index in [0.29, 0.717) is 24.2 Å². The summed E-state index contributed by atoms with van der Waals surface area (Å²) < 4.78 is 31.7. The smallest absolute Gasteiger partial charge is 0.475 e. The number of amidine groups is 1. The summed E-state index contributed by atoms with van der Waals surface area (Å²) in [7, 11) is 0. The molecular weight excluding hydrogens is 489 g/mol. The molecule has 1 aliphatic heterocycles. The normalized spacial score (nSPS) is 13.2. The highest BCUT2D eigenvalue weighted by Gasteiger charge is 2.38. The number of benzene rings is 2. The van der Waals surface area contributed by atoms with Gasteiger partial charge in [-0.3, -0.25) is 15.0 Å². The van der Waals surface area contributed by atoms with Crippen LogP contribution in [0.1, 0.15) is 27.9 Å². The van der Waals surface area contributed by atoms with Gasteiger partial charge in [0.2, 0.25) is 5.56 Å². The van der Waals surface area contributed by atoms with Gasteiger partial charge in [-0.1, -0.05) is 36.4 Å². The van der Waals surface area contributed by atoms with Gasteiger partial charge in [-0.15, -0.1) is 0 Å². The van der Waals surface area contributed by atoms with E-state index in [1.165, 1.54) is 6.07 Å². The van der Waals surface area contributed by atoms with Crippen LogP contribution in [-0.2, 0) is 4.79 Å². The number of carboxylic acid groups (broad SMARTS) is 1. The van der Waals surface area contributed by atoms with Crippen LogP contribution < -0.4 is 11.3 Å². The van der Waals surface area contributed by atoms with Gasteiger partial charge in [0.15, 0.2) is 0 Å². The Labute approximate surface area is 209 Å². The number of carbonyl (C=O) groups excluding carboxylic acids is 1. The van der Waals surface area contributed by atoms with Crippen molar-refractivity contribution in [2.45, 2.75) is 12.6 Å². The van der Waals surface area contributed by atoms with Gasteiger partial charge in [0.1, 0.15) is 5.84 Å². The monoisotopic (exact) mass is 512 g/mol. The molecule has 1 aromatic heterocycles. The lowest BCUT2D eigenvalue weighted by molar-refractivity contribution is -0.192. The van der Waals surface area contributed by atoms with Crippen molar-refractivity contribution in [3.8, 4) is 11.1 Å². The largest absolute Gasteiger partial charge is 0.490 e. The number of carboxylic acids is 1. The summed E-state index contributed by atoms with van der Waals surface area (Å²) in [5.74, 6) is -2.71. The quantitative estimate of drug-likeness (QED) is 0.310. The fourth-order valence-corrected chi connectivity index (χ4v) is 3.58. The van der Waals surface area contributed by atoms with Gasteiger partial charge in [-0.25, -0.2) is 4.79 Å². The predicted octanol–water partition coefficient (Wildman–Crippen LogP) is 3.89. The van der Waals surface area contributed by atoms with Gasteiger partial charge >= 0.3 is 12.1 Å². The van der Waals surface area contributed by atoms with Crippen molar-refractivity contribution in [2.24, 2.45) is 5.73 Å². The fraction of sp³-hybridized carbons (Fsp3) is 0.154. The zero-order chi connectivity index (χ0) is 27.2. The van der Waals surface area contributed by atoms with Crippen molar-refractivity contribution in [1.29, 1.82) is 5.41 Å². The summed E-state index contributed by atoms with van der Waals surface area (Å²) in [5.41, 5.74) is 10.8. The first-order valence-electron chi connectivity index (χ1n) is 11.0. The van der Waals surface area contributed by atoms with E-state index in [-0.39, 0.29) is 17.3 Å². The average Bonchev–Trinajstić information content (AvgIpc) is 2.89. The Bertz CT molecular complexity index is 1380. The maximum absolute atomic E-state index is 12.9. The Kier molecular flexibility index (Phi) is 8.28. The molecule has 0 fully saturated rings. The van der Waals surface area contributed by atoms with Crippen LogP contribution in [0.3, 0.4) is 0 Å². The van der Waals surface area contributed by atoms with Crippen molar-refractivity contribution < 1.29 is 27.9 Å². The van der Waals surface area contributed by atoms with Crippen molar-refractivity contribution in [2.75, 3.05) is 13.1 Å². The standard InChI is InChI=1S/C24H22N4O2.C2HF3O2/c25-23(26)20-3-1-2-19(14-20)17-10-12-28(13-11-17)24(30)18-6-4-16(5-7-18)21-8-9-22(29)27-15-21;3-2(4,5)1(6)7/h1-10,14-15H,11-13H2,(H3,25,26)(H,27,29);(H,6,7). The SMILES string of the molecule is N=C(N)c1cccc(C2=CCN(C(=O)c3ccc(-c4ccc(=O)[nH]c4)cc3)CC2)c1.O=C(O)C(F)(F)F. The number of nitrogens with one attached hydrogen (secondary N) is 2. The molecule has 192 valence electrons. The van der Waals surface area contributed by atoms with Gasteiger partial charge in [0.25, 0.3) is 5.91 Å². The summed E-state index contributed by atoms with van der Waals surface area (Å²) in [6.07, 6.45) is -0.602. The number of aromatic nitrogens is 1. The number of carbonyl (C=O) groups is 2. The second-order valence-electron chi connectivity index (χ2n) is 8.05. The van der Waals surface area contributed by atoms with Crippen molar-refractivity contribution in [3.05, 3.63) is 100.0 Å². The highest BCUT2D eigenvalue weighted by Crippen LogP contribution is 2.25. The van der Waals surface area contributed by atoms with Crippen LogP contribution in [0.4, 0.5) is 13.2 Å². The van der Waals surface area contributed by atoms with Crippen LogP contribution in [0.2, 0.25) is 0 Å². The fourth-order valence-electron chi connectivity index (χ4n) is 3.58. The van der Waals surface area contributed by atoms with Crippen LogP contribution in [0.25, 0.3) is 16.7 Å². The number of H-pyrrole nitrogens is 1. The second kappa shape index (κ2) is 11.4. The average molecular weight is 512 g/mol. The van der Waals surface area contributed by atoms with Crippen LogP contribution in [0.15, 0.2) is 77.7 Å². The topological polar surface area (TPSA) is 140 Å². The van der Waals surface area contributed by atoms with E-state index in [2.05, 4.69) is 11.1 Å². The number of rotatable bonds is 4. The number of nitrogens with zero attached hydrogens (tertiary/aromatic N) is 1. The molecule has 0 radical (unpaired) electrons. The lowest BCUT2D eigenvalue weighted by Crippen LogP contribution is -2.34. The maximum atomic E-state index is 12.9. The van der Waals surface area contributed by atoms with Gasteiger partial charge in [0, 0.05) is 36.5 Å². The summed E-state index contributed by atoms with van der Waals surface area (Å²) >= 11 is 0. The summed E-state index contributed by atoms with van der Waals surface area (Å²) in [6.45, 7) is 1.18. The van der Waals surface area contributed by atoms with E-state index < -0.39 is 12.1 Å². The van der Waals surface area contributed by atoms with E-state index in [4.69, 9.17) is 21.0 Å². The Morgan fingerprint density at radius 1 is 0.973 bits per heavy atom. The highest BCUT2D eigenvalue weighted by molar-refractivity contribution is 5.96. The van der Waals surface area contributed by atoms with E-state index in [1.54, 1.807) is 12.3 Å². The number of hydrogen-bond acceptors (Lipinski definition) is 4. The molecule has 0 aliphatic carbocycles. The molecule has 0 saturated heterocycles. The van der Waals surface area contributed by atoms with Crippen LogP contribution >= 0.6 is 0 Å². The zero-order valence-electron chi connectivity index (χ0n) is 19.4. The number of amides is 1. The minimum absolute atomic E-state index is 0.00388. The van der Waals surface area contributed by atoms with Crippen LogP contribution in [-0.4, -0.2) is 52.0 Å². The van der Waals surface area contributed by atoms with Crippen LogP contribution in [0.5, 0.6) is 0 Å². The Morgan fingerprint density at radius 3 is 2.14 bits per heavy atom. The molecule has 5 N–H and O–H groups in total. The molecule has 2 heterocycles. The van der Waals surface area contributed by atoms with E-state index >= 15 is 0 Å². The third kappa shape index (κ3) is 7.17. The number of alkyl halides is 3. The first-order chi connectivity index (χ1) is 17.5. The first-order valence-corrected chi connectivity index (χ1v) is 11.0. The molecule has 11 heteroatoms. The third-order valence-corrected chi connectivity index (χ3v) is 5.53. The third-order valence-electron chi connectivity index (χ3n) is 5.53. The van der Waals surface area contributed by atoms with Gasteiger partial charge in [-0.2, -0.15) is 13.2 Å². The molecule has 8 nitrogen and oxygen atoms in total. The van der Waals surface area contributed by atoms with E-state index in [9.17, 15) is 22.8 Å². The molecule has 1 aliphatic rings. The number of aliphatic carboxylic acids is 1. The molecule has 0 atom stereocenters. The molecule has 0 bridgehead atoms. The molecule has 1 amide bonds. The van der Waals surface area contributed by atoms with Crippen molar-refractivity contribution in [1.82, 2.24) is 9.88 Å². The maximum Gasteiger partial charge on any atom is 0.490 e. The van der Waals surface area contributed by atoms with Gasteiger partial charge in [0.05, 0.1) is 0 Å². The number of nitrogen functional groups attached to an aromatic ring is 1. The van der Waals surface area contributed by atoms with E-state index in [0.717, 1.165) is 28.7 Å². The summed E-state index contributed by atoms with van der Waals surface area (Å²) in [6, 6.07) is 18.3. The Morgan fingerprint density at radius 2 is 1.62 bits per heavy atom. The van der Waals surface area contributed by atoms with Gasteiger partial charge in [-0.05, 0) is 52.9 Å². The lowest BCUT2D eigenvalue weighted by atomic mass is 9.97. The highest BCUT2D eigenvalue weighted by atomic mass is 19.4. The van der Waals surface area contributed by atoms with Crippen molar-refractivity contribution in [3.63, 3.8) is 0 Å². The van der Waals surface area contributed by atoms with Gasteiger partial charge < -0.3 is 20.7 Å². The molecule has 4 rings (SSSR count). The molecule has 0 unspecified atom stereocenters. The molecule has 3 aromatic rings. The van der Waals surface area contributed by atoms with Crippen LogP contribution in [0, 0.1) is 5.41 Å². The second-order valence-corrected chi connectivity index (χ2v) is 8.05. The van der Waals surface area contributed by atoms with E-state index in [1.807, 2.05) is 53.4 Å². The zero-order valence-corrected chi connectivity index (χ0v) is 19.4. The van der Waals surface area contributed by atoms with Crippen molar-refractivity contribution >= 4 is 23.3 Å². The first kappa shape index (κ1) is 26.9. The number of halogens is 3. The number of nitrogens with two attached hydrogens (primary N) is 1. The molecular formula is C26H23F3N4O4. The molecule has 2 aromatic carbocycles. The number of hydrogen-bond donors (Lipinski definition) is 4. The number of pyridine rings is 1. The minimum Gasteiger partial charge on any atom is -0.475 e. The summed E-state index contributed by atoms with van der Waals surface area (Å²) in [5, 5.41) is 14.7. The predicted molar refractivity (Wildman–Crippen MR) is 132 cm³/mol. The minimum atomic E-state index is -5.08. The Balaban J connectivity index is 0.000000479. The molecule has 0 spiro atoms. The molecule has 0 saturated carbocycles. The summed E-state index contributed by atoms with van der Waals surface area (Å²) in [4.78, 5) is 37.5. The molecule has 37 heavy (non-hydrogen) atoms. The number of aromatic amines is 1. The lowest BCUT2D eigenvalue weighted by Gasteiger charge is -2.27.